The monoisotopic (exact) mass is 239 g/mol. The molecule has 0 unspecified atom stereocenters. The maximum absolute atomic E-state index is 10.4. The minimum atomic E-state index is -0.796. The second-order valence-electron chi connectivity index (χ2n) is 4.19. The molecule has 1 aromatic carbocycles. The summed E-state index contributed by atoms with van der Waals surface area (Å²) in [6, 6.07) is 8.22. The van der Waals surface area contributed by atoms with Crippen LogP contribution in [0.4, 0.5) is 0 Å². The SMILES string of the molecule is O=C(O)CNC1CC(c2ccc(Cl)cc2)C1. The molecule has 1 saturated carbocycles. The van der Waals surface area contributed by atoms with Gasteiger partial charge in [-0.25, -0.2) is 0 Å². The van der Waals surface area contributed by atoms with Crippen molar-refractivity contribution < 1.29 is 9.90 Å². The van der Waals surface area contributed by atoms with Crippen LogP contribution in [0.2, 0.25) is 5.02 Å². The van der Waals surface area contributed by atoms with Crippen LogP contribution in [0.3, 0.4) is 0 Å². The molecule has 0 aromatic heterocycles. The van der Waals surface area contributed by atoms with Crippen LogP contribution in [0.15, 0.2) is 24.3 Å². The second kappa shape index (κ2) is 4.85. The van der Waals surface area contributed by atoms with Gasteiger partial charge in [0.05, 0.1) is 6.54 Å². The maximum Gasteiger partial charge on any atom is 0.317 e. The first-order valence-corrected chi connectivity index (χ1v) is 5.73. The van der Waals surface area contributed by atoms with E-state index in [1.807, 2.05) is 24.3 Å². The Bertz CT molecular complexity index is 371. The third-order valence-corrected chi connectivity index (χ3v) is 3.27. The quantitative estimate of drug-likeness (QED) is 0.848. The van der Waals surface area contributed by atoms with Gasteiger partial charge in [0.25, 0.3) is 0 Å². The lowest BCUT2D eigenvalue weighted by Gasteiger charge is -2.36. The van der Waals surface area contributed by atoms with Crippen molar-refractivity contribution in [2.24, 2.45) is 0 Å². The molecule has 0 bridgehead atoms. The normalized spacial score (nSPS) is 23.8. The van der Waals surface area contributed by atoms with Gasteiger partial charge in [0.2, 0.25) is 0 Å². The van der Waals surface area contributed by atoms with Crippen molar-refractivity contribution >= 4 is 17.6 Å². The van der Waals surface area contributed by atoms with Gasteiger partial charge >= 0.3 is 5.97 Å². The van der Waals surface area contributed by atoms with Crippen molar-refractivity contribution in [1.29, 1.82) is 0 Å². The Kier molecular flexibility index (Phi) is 3.46. The lowest BCUT2D eigenvalue weighted by Crippen LogP contribution is -2.42. The predicted molar refractivity (Wildman–Crippen MR) is 62.9 cm³/mol. The van der Waals surface area contributed by atoms with Gasteiger partial charge in [0.15, 0.2) is 0 Å². The van der Waals surface area contributed by atoms with E-state index >= 15 is 0 Å². The first-order valence-electron chi connectivity index (χ1n) is 5.36. The maximum atomic E-state index is 10.4. The largest absolute Gasteiger partial charge is 0.480 e. The molecule has 0 heterocycles. The Hall–Kier alpha value is -1.06. The van der Waals surface area contributed by atoms with Crippen molar-refractivity contribution in [3.8, 4) is 0 Å². The highest BCUT2D eigenvalue weighted by Gasteiger charge is 2.29. The molecule has 1 aliphatic rings. The van der Waals surface area contributed by atoms with Crippen LogP contribution in [0.25, 0.3) is 0 Å². The number of hydrogen-bond donors (Lipinski definition) is 2. The van der Waals surface area contributed by atoms with E-state index in [0.717, 1.165) is 17.9 Å². The molecule has 2 rings (SSSR count). The summed E-state index contributed by atoms with van der Waals surface area (Å²) < 4.78 is 0. The van der Waals surface area contributed by atoms with E-state index in [4.69, 9.17) is 16.7 Å². The first-order chi connectivity index (χ1) is 7.65. The molecule has 86 valence electrons. The van der Waals surface area contributed by atoms with Gasteiger partial charge in [0, 0.05) is 11.1 Å². The zero-order valence-corrected chi connectivity index (χ0v) is 9.57. The molecule has 4 heteroatoms. The van der Waals surface area contributed by atoms with Gasteiger partial charge < -0.3 is 10.4 Å². The van der Waals surface area contributed by atoms with Crippen molar-refractivity contribution in [2.75, 3.05) is 6.54 Å². The molecule has 0 spiro atoms. The van der Waals surface area contributed by atoms with Crippen molar-refractivity contribution in [1.82, 2.24) is 5.32 Å². The molecule has 1 aromatic rings. The molecule has 0 saturated heterocycles. The summed E-state index contributed by atoms with van der Waals surface area (Å²) in [5.41, 5.74) is 1.29. The molecular formula is C12H14ClNO2. The molecule has 0 amide bonds. The average Bonchev–Trinajstić information content (AvgIpc) is 2.18. The number of carboxylic acid groups (broad SMARTS) is 1. The second-order valence-corrected chi connectivity index (χ2v) is 4.63. The Morgan fingerprint density at radius 3 is 2.56 bits per heavy atom. The van der Waals surface area contributed by atoms with Crippen LogP contribution < -0.4 is 5.32 Å². The van der Waals surface area contributed by atoms with Crippen LogP contribution in [0.5, 0.6) is 0 Å². The number of nitrogens with one attached hydrogen (secondary N) is 1. The molecule has 1 fully saturated rings. The van der Waals surface area contributed by atoms with Crippen molar-refractivity contribution in [3.63, 3.8) is 0 Å². The third kappa shape index (κ3) is 2.74. The summed E-state index contributed by atoms with van der Waals surface area (Å²) in [7, 11) is 0. The van der Waals surface area contributed by atoms with Crippen LogP contribution in [-0.4, -0.2) is 23.7 Å². The summed E-state index contributed by atoms with van der Waals surface area (Å²) in [4.78, 5) is 10.4. The van der Waals surface area contributed by atoms with Gasteiger partial charge in [-0.05, 0) is 36.5 Å². The van der Waals surface area contributed by atoms with E-state index in [1.165, 1.54) is 5.56 Å². The highest BCUT2D eigenvalue weighted by molar-refractivity contribution is 6.30. The highest BCUT2D eigenvalue weighted by Crippen LogP contribution is 2.36. The molecule has 3 nitrogen and oxygen atoms in total. The number of halogens is 1. The minimum absolute atomic E-state index is 0.0536. The van der Waals surface area contributed by atoms with E-state index in [-0.39, 0.29) is 6.54 Å². The van der Waals surface area contributed by atoms with Gasteiger partial charge in [-0.15, -0.1) is 0 Å². The molecule has 0 aliphatic heterocycles. The van der Waals surface area contributed by atoms with Crippen LogP contribution >= 0.6 is 11.6 Å². The number of aliphatic carboxylic acids is 1. The summed E-state index contributed by atoms with van der Waals surface area (Å²) in [5, 5.41) is 12.3. The van der Waals surface area contributed by atoms with E-state index in [1.54, 1.807) is 0 Å². The fourth-order valence-electron chi connectivity index (χ4n) is 2.02. The Labute approximate surface area is 99.4 Å². The molecule has 2 N–H and O–H groups in total. The van der Waals surface area contributed by atoms with E-state index in [2.05, 4.69) is 5.32 Å². The number of benzene rings is 1. The molecular weight excluding hydrogens is 226 g/mol. The Morgan fingerprint density at radius 2 is 2.00 bits per heavy atom. The highest BCUT2D eigenvalue weighted by atomic mass is 35.5. The smallest absolute Gasteiger partial charge is 0.317 e. The summed E-state index contributed by atoms with van der Waals surface area (Å²) in [6.45, 7) is 0.0536. The van der Waals surface area contributed by atoms with E-state index < -0.39 is 5.97 Å². The summed E-state index contributed by atoms with van der Waals surface area (Å²) in [6.07, 6.45) is 2.02. The van der Waals surface area contributed by atoms with Gasteiger partial charge in [-0.2, -0.15) is 0 Å². The fraction of sp³-hybridized carbons (Fsp3) is 0.417. The van der Waals surface area contributed by atoms with Gasteiger partial charge in [-0.1, -0.05) is 23.7 Å². The Balaban J connectivity index is 1.79. The Morgan fingerprint density at radius 1 is 1.38 bits per heavy atom. The molecule has 0 atom stereocenters. The van der Waals surface area contributed by atoms with Gasteiger partial charge in [0.1, 0.15) is 0 Å². The van der Waals surface area contributed by atoms with Crippen LogP contribution in [0.1, 0.15) is 24.3 Å². The molecule has 0 radical (unpaired) electrons. The minimum Gasteiger partial charge on any atom is -0.480 e. The summed E-state index contributed by atoms with van der Waals surface area (Å²) in [5.74, 6) is -0.251. The lowest BCUT2D eigenvalue weighted by atomic mass is 9.76. The first kappa shape index (κ1) is 11.4. The zero-order valence-electron chi connectivity index (χ0n) is 8.82. The van der Waals surface area contributed by atoms with E-state index in [0.29, 0.717) is 12.0 Å². The van der Waals surface area contributed by atoms with Crippen molar-refractivity contribution in [2.45, 2.75) is 24.8 Å². The third-order valence-electron chi connectivity index (χ3n) is 3.02. The topological polar surface area (TPSA) is 49.3 Å². The van der Waals surface area contributed by atoms with Crippen LogP contribution in [-0.2, 0) is 4.79 Å². The van der Waals surface area contributed by atoms with Gasteiger partial charge in [-0.3, -0.25) is 4.79 Å². The number of carbonyl (C=O) groups is 1. The van der Waals surface area contributed by atoms with Crippen LogP contribution in [0, 0.1) is 0 Å². The fourth-order valence-corrected chi connectivity index (χ4v) is 2.15. The summed E-state index contributed by atoms with van der Waals surface area (Å²) >= 11 is 5.81. The molecule has 16 heavy (non-hydrogen) atoms. The molecule has 1 aliphatic carbocycles. The van der Waals surface area contributed by atoms with Crippen molar-refractivity contribution in [3.05, 3.63) is 34.9 Å². The number of carboxylic acids is 1. The predicted octanol–water partition coefficient (Wildman–Crippen LogP) is 2.26. The zero-order chi connectivity index (χ0) is 11.5. The number of hydrogen-bond acceptors (Lipinski definition) is 2. The number of rotatable bonds is 4. The van der Waals surface area contributed by atoms with E-state index in [9.17, 15) is 4.79 Å². The average molecular weight is 240 g/mol. The standard InChI is InChI=1S/C12H14ClNO2/c13-10-3-1-8(2-4-10)9-5-11(6-9)14-7-12(15)16/h1-4,9,11,14H,5-7H2,(H,15,16). The lowest BCUT2D eigenvalue weighted by molar-refractivity contribution is -0.136.